The number of carbonyl (C=O) groups is 2. The average molecular weight is 287 g/mol. The van der Waals surface area contributed by atoms with Gasteiger partial charge in [0.05, 0.1) is 4.92 Å². The number of ether oxygens (including phenoxy) is 1. The van der Waals surface area contributed by atoms with Crippen molar-refractivity contribution in [1.29, 1.82) is 0 Å². The first kappa shape index (κ1) is 14.6. The van der Waals surface area contributed by atoms with Crippen molar-refractivity contribution >= 4 is 23.5 Å². The topological polar surface area (TPSA) is 86.5 Å². The molecule has 1 heterocycles. The molecule has 0 spiro atoms. The molecule has 1 unspecified atom stereocenters. The van der Waals surface area contributed by atoms with Crippen LogP contribution < -0.4 is 0 Å². The lowest BCUT2D eigenvalue weighted by molar-refractivity contribution is -0.384. The maximum absolute atomic E-state index is 11.7. The molecule has 6 heteroatoms. The van der Waals surface area contributed by atoms with Gasteiger partial charge in [0.1, 0.15) is 6.10 Å². The number of Topliss-reactive ketones (excluding diaryl/α,β-unsaturated/α-hetero) is 1. The van der Waals surface area contributed by atoms with E-state index in [9.17, 15) is 19.7 Å². The van der Waals surface area contributed by atoms with E-state index in [4.69, 9.17) is 4.74 Å². The van der Waals surface area contributed by atoms with Crippen LogP contribution in [0.1, 0.15) is 18.9 Å². The van der Waals surface area contributed by atoms with E-state index in [2.05, 4.69) is 0 Å². The highest BCUT2D eigenvalue weighted by molar-refractivity contribution is 5.98. The maximum Gasteiger partial charge on any atom is 0.331 e. The molecule has 0 N–H and O–H groups in total. The number of nitrogens with zero attached hydrogens (tertiary/aromatic N) is 1. The number of cyclic esters (lactones) is 1. The van der Waals surface area contributed by atoms with Gasteiger partial charge >= 0.3 is 5.97 Å². The Hall–Kier alpha value is -2.76. The van der Waals surface area contributed by atoms with Crippen molar-refractivity contribution in [2.45, 2.75) is 19.4 Å². The average Bonchev–Trinajstić information content (AvgIpc) is 2.84. The minimum absolute atomic E-state index is 0.0100. The number of esters is 1. The summed E-state index contributed by atoms with van der Waals surface area (Å²) in [4.78, 5) is 32.7. The SMILES string of the molecule is CC(=O)C(=Cc1ccc([N+](=O)[O-])cc1)CC1C=CC(=O)O1. The molecule has 0 bridgehead atoms. The van der Waals surface area contributed by atoms with E-state index < -0.39 is 17.0 Å². The summed E-state index contributed by atoms with van der Waals surface area (Å²) in [5.41, 5.74) is 1.16. The monoisotopic (exact) mass is 287 g/mol. The fourth-order valence-corrected chi connectivity index (χ4v) is 1.94. The second kappa shape index (κ2) is 6.13. The first-order valence-electron chi connectivity index (χ1n) is 6.30. The van der Waals surface area contributed by atoms with Crippen molar-refractivity contribution < 1.29 is 19.2 Å². The van der Waals surface area contributed by atoms with Crippen molar-refractivity contribution in [2.75, 3.05) is 0 Å². The van der Waals surface area contributed by atoms with Gasteiger partial charge in [-0.3, -0.25) is 14.9 Å². The summed E-state index contributed by atoms with van der Waals surface area (Å²) in [6, 6.07) is 5.88. The molecule has 2 rings (SSSR count). The number of ketones is 1. The Bertz CT molecular complexity index is 643. The lowest BCUT2D eigenvalue weighted by atomic mass is 10.0. The summed E-state index contributed by atoms with van der Waals surface area (Å²) < 4.78 is 5.00. The van der Waals surface area contributed by atoms with Gasteiger partial charge in [-0.2, -0.15) is 0 Å². The number of benzene rings is 1. The summed E-state index contributed by atoms with van der Waals surface area (Å²) in [6.45, 7) is 1.43. The van der Waals surface area contributed by atoms with Gasteiger partial charge in [0.15, 0.2) is 5.78 Å². The Kier molecular flexibility index (Phi) is 4.27. The molecule has 0 saturated heterocycles. The van der Waals surface area contributed by atoms with Crippen molar-refractivity contribution in [3.05, 3.63) is 57.7 Å². The molecular weight excluding hydrogens is 274 g/mol. The predicted octanol–water partition coefficient (Wildman–Crippen LogP) is 2.44. The quantitative estimate of drug-likeness (QED) is 0.359. The molecule has 1 aromatic rings. The second-order valence-electron chi connectivity index (χ2n) is 4.61. The van der Waals surface area contributed by atoms with E-state index in [1.807, 2.05) is 0 Å². The number of non-ortho nitro benzene ring substituents is 1. The van der Waals surface area contributed by atoms with Crippen LogP contribution >= 0.6 is 0 Å². The normalized spacial score (nSPS) is 17.7. The highest BCUT2D eigenvalue weighted by Gasteiger charge is 2.19. The summed E-state index contributed by atoms with van der Waals surface area (Å²) in [5.74, 6) is -0.553. The predicted molar refractivity (Wildman–Crippen MR) is 75.4 cm³/mol. The molecule has 0 radical (unpaired) electrons. The van der Waals surface area contributed by atoms with Crippen molar-refractivity contribution in [2.24, 2.45) is 0 Å². The minimum Gasteiger partial charge on any atom is -0.455 e. The molecule has 1 aliphatic heterocycles. The second-order valence-corrected chi connectivity index (χ2v) is 4.61. The van der Waals surface area contributed by atoms with Gasteiger partial charge in [0, 0.05) is 24.6 Å². The number of carbonyl (C=O) groups excluding carboxylic acids is 2. The number of nitro benzene ring substituents is 1. The highest BCUT2D eigenvalue weighted by atomic mass is 16.6. The number of nitro groups is 1. The minimum atomic E-state index is -0.484. The Morgan fingerprint density at radius 3 is 2.52 bits per heavy atom. The number of hydrogen-bond acceptors (Lipinski definition) is 5. The van der Waals surface area contributed by atoms with Gasteiger partial charge in [-0.25, -0.2) is 4.79 Å². The van der Waals surface area contributed by atoms with Gasteiger partial charge in [-0.05, 0) is 42.3 Å². The van der Waals surface area contributed by atoms with Crippen LogP contribution in [0.4, 0.5) is 5.69 Å². The first-order chi connectivity index (χ1) is 9.95. The smallest absolute Gasteiger partial charge is 0.331 e. The van der Waals surface area contributed by atoms with Crippen LogP contribution in [-0.4, -0.2) is 22.8 Å². The molecule has 0 amide bonds. The molecule has 6 nitrogen and oxygen atoms in total. The third-order valence-electron chi connectivity index (χ3n) is 3.03. The zero-order chi connectivity index (χ0) is 15.4. The molecule has 1 aromatic carbocycles. The van der Waals surface area contributed by atoms with Crippen LogP contribution in [0.5, 0.6) is 0 Å². The molecule has 108 valence electrons. The summed E-state index contributed by atoms with van der Waals surface area (Å²) >= 11 is 0. The van der Waals surface area contributed by atoms with E-state index in [0.717, 1.165) is 0 Å². The third kappa shape index (κ3) is 3.85. The molecular formula is C15H13NO5. The standard InChI is InChI=1S/C15H13NO5/c1-10(17)12(9-14-6-7-15(18)21-14)8-11-2-4-13(5-3-11)16(19)20/h2-8,14H,9H2,1H3. The van der Waals surface area contributed by atoms with Crippen LogP contribution in [-0.2, 0) is 14.3 Å². The fraction of sp³-hybridized carbons (Fsp3) is 0.200. The molecule has 0 aliphatic carbocycles. The van der Waals surface area contributed by atoms with Crippen LogP contribution in [0.2, 0.25) is 0 Å². The molecule has 0 fully saturated rings. The Morgan fingerprint density at radius 2 is 2.05 bits per heavy atom. The molecule has 0 saturated carbocycles. The molecule has 1 atom stereocenters. The van der Waals surface area contributed by atoms with Gasteiger partial charge in [0.25, 0.3) is 5.69 Å². The van der Waals surface area contributed by atoms with Crippen LogP contribution in [0, 0.1) is 10.1 Å². The number of hydrogen-bond donors (Lipinski definition) is 0. The van der Waals surface area contributed by atoms with Gasteiger partial charge < -0.3 is 4.74 Å². The molecule has 1 aliphatic rings. The fourth-order valence-electron chi connectivity index (χ4n) is 1.94. The third-order valence-corrected chi connectivity index (χ3v) is 3.03. The van der Waals surface area contributed by atoms with Crippen LogP contribution in [0.25, 0.3) is 6.08 Å². The van der Waals surface area contributed by atoms with E-state index in [0.29, 0.717) is 11.1 Å². The molecule has 0 aromatic heterocycles. The number of rotatable bonds is 5. The zero-order valence-corrected chi connectivity index (χ0v) is 11.3. The molecule has 21 heavy (non-hydrogen) atoms. The van der Waals surface area contributed by atoms with E-state index >= 15 is 0 Å². The van der Waals surface area contributed by atoms with Crippen LogP contribution in [0.3, 0.4) is 0 Å². The lowest BCUT2D eigenvalue weighted by Crippen LogP contribution is -2.11. The Balaban J connectivity index is 2.17. The summed E-state index contributed by atoms with van der Waals surface area (Å²) in [7, 11) is 0. The Labute approximate surface area is 120 Å². The van der Waals surface area contributed by atoms with Crippen LogP contribution in [0.15, 0.2) is 42.0 Å². The van der Waals surface area contributed by atoms with Gasteiger partial charge in [0.2, 0.25) is 0 Å². The van der Waals surface area contributed by atoms with Gasteiger partial charge in [-0.15, -0.1) is 0 Å². The summed E-state index contributed by atoms with van der Waals surface area (Å²) in [5, 5.41) is 10.6. The van der Waals surface area contributed by atoms with Gasteiger partial charge in [-0.1, -0.05) is 0 Å². The lowest BCUT2D eigenvalue weighted by Gasteiger charge is -2.10. The zero-order valence-electron chi connectivity index (χ0n) is 11.3. The first-order valence-corrected chi connectivity index (χ1v) is 6.30. The van der Waals surface area contributed by atoms with E-state index in [1.54, 1.807) is 24.3 Å². The summed E-state index contributed by atoms with van der Waals surface area (Å²) in [6.07, 6.45) is 4.43. The Morgan fingerprint density at radius 1 is 1.38 bits per heavy atom. The van der Waals surface area contributed by atoms with E-state index in [-0.39, 0.29) is 17.9 Å². The maximum atomic E-state index is 11.7. The van der Waals surface area contributed by atoms with Crippen molar-refractivity contribution in [3.63, 3.8) is 0 Å². The van der Waals surface area contributed by atoms with Crippen molar-refractivity contribution in [3.8, 4) is 0 Å². The largest absolute Gasteiger partial charge is 0.455 e. The van der Waals surface area contributed by atoms with Crippen molar-refractivity contribution in [1.82, 2.24) is 0 Å². The highest BCUT2D eigenvalue weighted by Crippen LogP contribution is 2.20. The van der Waals surface area contributed by atoms with E-state index in [1.165, 1.54) is 25.1 Å².